The van der Waals surface area contributed by atoms with Crippen LogP contribution >= 0.6 is 0 Å². The minimum atomic E-state index is -0.118. The van der Waals surface area contributed by atoms with Crippen molar-refractivity contribution in [3.05, 3.63) is 12.0 Å². The number of fused-ring (bicyclic) bond motifs is 1. The van der Waals surface area contributed by atoms with Crippen LogP contribution in [0.1, 0.15) is 0 Å². The molecule has 1 fully saturated rings. The lowest BCUT2D eigenvalue weighted by Gasteiger charge is -2.42. The molecular formula is C6H10N4O. The van der Waals surface area contributed by atoms with Gasteiger partial charge in [0.25, 0.3) is 5.91 Å². The Kier molecular flexibility index (Phi) is 1.11. The Hall–Kier alpha value is -1.23. The molecule has 0 saturated carbocycles. The van der Waals surface area contributed by atoms with Crippen molar-refractivity contribution in [3.63, 3.8) is 0 Å². The van der Waals surface area contributed by atoms with E-state index in [1.807, 2.05) is 0 Å². The van der Waals surface area contributed by atoms with Gasteiger partial charge in [-0.2, -0.15) is 0 Å². The predicted molar refractivity (Wildman–Crippen MR) is 38.9 cm³/mol. The molecule has 0 aromatic carbocycles. The molecule has 2 heterocycles. The lowest BCUT2D eigenvalue weighted by Crippen LogP contribution is -2.70. The summed E-state index contributed by atoms with van der Waals surface area (Å²) in [7, 11) is 1.76. The zero-order chi connectivity index (χ0) is 8.01. The maximum absolute atomic E-state index is 11.2. The van der Waals surface area contributed by atoms with Crippen molar-refractivity contribution in [2.45, 2.75) is 12.2 Å². The molecule has 4 N–H and O–H groups in total. The molecule has 0 aromatic rings. The van der Waals surface area contributed by atoms with Crippen LogP contribution in [-0.2, 0) is 4.79 Å². The number of nitrogens with two attached hydrogens (primary N) is 1. The lowest BCUT2D eigenvalue weighted by molar-refractivity contribution is -0.146. The maximum Gasteiger partial charge on any atom is 0.251 e. The smallest absolute Gasteiger partial charge is 0.251 e. The summed E-state index contributed by atoms with van der Waals surface area (Å²) in [6.07, 6.45) is 1.69. The van der Waals surface area contributed by atoms with Crippen molar-refractivity contribution < 1.29 is 4.79 Å². The van der Waals surface area contributed by atoms with E-state index in [-0.39, 0.29) is 18.1 Å². The summed E-state index contributed by atoms with van der Waals surface area (Å²) in [5.74, 6) is 0.544. The van der Waals surface area contributed by atoms with Crippen LogP contribution in [-0.4, -0.2) is 30.1 Å². The van der Waals surface area contributed by atoms with Crippen LogP contribution in [0.25, 0.3) is 0 Å². The lowest BCUT2D eigenvalue weighted by atomic mass is 10.1. The summed E-state index contributed by atoms with van der Waals surface area (Å²) in [4.78, 5) is 12.7. The van der Waals surface area contributed by atoms with Crippen LogP contribution in [0.3, 0.4) is 0 Å². The zero-order valence-corrected chi connectivity index (χ0v) is 6.16. The van der Waals surface area contributed by atoms with Gasteiger partial charge in [-0.3, -0.25) is 9.69 Å². The Morgan fingerprint density at radius 2 is 2.55 bits per heavy atom. The Morgan fingerprint density at radius 3 is 3.18 bits per heavy atom. The molecule has 2 rings (SSSR count). The van der Waals surface area contributed by atoms with Crippen molar-refractivity contribution in [2.75, 3.05) is 7.05 Å². The molecule has 2 atom stereocenters. The second-order valence-corrected chi connectivity index (χ2v) is 2.66. The number of likely N-dealkylation sites (N-methyl/N-ethyl adjacent to an activating group) is 1. The largest absolute Gasteiger partial charge is 0.384 e. The first-order valence-corrected chi connectivity index (χ1v) is 3.47. The number of hydrogen-bond acceptors (Lipinski definition) is 4. The van der Waals surface area contributed by atoms with Crippen LogP contribution in [0.5, 0.6) is 0 Å². The third-order valence-electron chi connectivity index (χ3n) is 2.09. The Morgan fingerprint density at radius 1 is 1.82 bits per heavy atom. The molecule has 2 unspecified atom stereocenters. The highest BCUT2D eigenvalue weighted by atomic mass is 16.2. The Bertz CT molecular complexity index is 237. The summed E-state index contributed by atoms with van der Waals surface area (Å²) in [5, 5.41) is 5.89. The molecule has 2 aliphatic heterocycles. The topological polar surface area (TPSA) is 70.4 Å². The van der Waals surface area contributed by atoms with E-state index in [0.717, 1.165) is 0 Å². The summed E-state index contributed by atoms with van der Waals surface area (Å²) >= 11 is 0. The number of nitrogens with one attached hydrogen (secondary N) is 2. The minimum absolute atomic E-state index is 0.0347. The van der Waals surface area contributed by atoms with Crippen LogP contribution in [0.2, 0.25) is 0 Å². The van der Waals surface area contributed by atoms with Crippen molar-refractivity contribution in [3.8, 4) is 0 Å². The monoisotopic (exact) mass is 154 g/mol. The van der Waals surface area contributed by atoms with Gasteiger partial charge in [0, 0.05) is 6.20 Å². The van der Waals surface area contributed by atoms with E-state index in [0.29, 0.717) is 5.82 Å². The molecule has 0 aliphatic carbocycles. The van der Waals surface area contributed by atoms with Crippen molar-refractivity contribution in [1.29, 1.82) is 0 Å². The average molecular weight is 154 g/mol. The standard InChI is InChI=1S/C6H10N4O/c1-8-4-5-9-2-3(7)10(5)6(4)11/h2,4-5,8-9H,7H2,1H3. The maximum atomic E-state index is 11.2. The summed E-state index contributed by atoms with van der Waals surface area (Å²) in [5.41, 5.74) is 5.50. The first kappa shape index (κ1) is 6.48. The van der Waals surface area contributed by atoms with Gasteiger partial charge in [0.05, 0.1) is 0 Å². The summed E-state index contributed by atoms with van der Waals surface area (Å²) < 4.78 is 0. The number of carbonyl (C=O) groups is 1. The molecule has 1 saturated heterocycles. The highest BCUT2D eigenvalue weighted by Gasteiger charge is 2.50. The SMILES string of the molecule is CNC1C(=O)N2C(N)=CNC12. The van der Waals surface area contributed by atoms with Gasteiger partial charge in [-0.05, 0) is 7.05 Å². The second-order valence-electron chi connectivity index (χ2n) is 2.66. The fraction of sp³-hybridized carbons (Fsp3) is 0.500. The van der Waals surface area contributed by atoms with Gasteiger partial charge in [0.15, 0.2) is 0 Å². The van der Waals surface area contributed by atoms with Gasteiger partial charge < -0.3 is 16.4 Å². The van der Waals surface area contributed by atoms with E-state index in [2.05, 4.69) is 10.6 Å². The number of nitrogens with zero attached hydrogens (tertiary/aromatic N) is 1. The second kappa shape index (κ2) is 1.88. The fourth-order valence-corrected chi connectivity index (χ4v) is 1.47. The van der Waals surface area contributed by atoms with Crippen molar-refractivity contribution in [1.82, 2.24) is 15.5 Å². The van der Waals surface area contributed by atoms with Gasteiger partial charge in [0.2, 0.25) is 0 Å². The molecule has 0 radical (unpaired) electrons. The van der Waals surface area contributed by atoms with E-state index in [1.165, 1.54) is 0 Å². The number of hydrogen-bond donors (Lipinski definition) is 3. The number of carbonyl (C=O) groups excluding carboxylic acids is 1. The van der Waals surface area contributed by atoms with Crippen LogP contribution in [0.15, 0.2) is 12.0 Å². The molecule has 0 spiro atoms. The molecule has 0 aromatic heterocycles. The molecule has 11 heavy (non-hydrogen) atoms. The first-order valence-electron chi connectivity index (χ1n) is 3.47. The summed E-state index contributed by atoms with van der Waals surface area (Å²) in [6.45, 7) is 0. The molecular weight excluding hydrogens is 144 g/mol. The number of rotatable bonds is 1. The Balaban J connectivity index is 2.16. The number of amides is 1. The van der Waals surface area contributed by atoms with E-state index >= 15 is 0 Å². The van der Waals surface area contributed by atoms with E-state index in [4.69, 9.17) is 5.73 Å². The van der Waals surface area contributed by atoms with Crippen LogP contribution in [0, 0.1) is 0 Å². The summed E-state index contributed by atoms with van der Waals surface area (Å²) in [6, 6.07) is -0.118. The van der Waals surface area contributed by atoms with Crippen molar-refractivity contribution >= 4 is 5.91 Å². The van der Waals surface area contributed by atoms with Gasteiger partial charge >= 0.3 is 0 Å². The quantitative estimate of drug-likeness (QED) is 0.386. The molecule has 60 valence electrons. The van der Waals surface area contributed by atoms with E-state index in [9.17, 15) is 4.79 Å². The molecule has 5 heteroatoms. The van der Waals surface area contributed by atoms with E-state index in [1.54, 1.807) is 18.1 Å². The average Bonchev–Trinajstić information content (AvgIpc) is 2.28. The van der Waals surface area contributed by atoms with Gasteiger partial charge in [-0.1, -0.05) is 0 Å². The van der Waals surface area contributed by atoms with Crippen LogP contribution < -0.4 is 16.4 Å². The third-order valence-corrected chi connectivity index (χ3v) is 2.09. The van der Waals surface area contributed by atoms with Gasteiger partial charge in [0.1, 0.15) is 18.0 Å². The fourth-order valence-electron chi connectivity index (χ4n) is 1.47. The normalized spacial score (nSPS) is 34.1. The highest BCUT2D eigenvalue weighted by molar-refractivity contribution is 5.91. The van der Waals surface area contributed by atoms with Crippen molar-refractivity contribution in [2.24, 2.45) is 5.73 Å². The van der Waals surface area contributed by atoms with Gasteiger partial charge in [-0.15, -0.1) is 0 Å². The molecule has 1 amide bonds. The zero-order valence-electron chi connectivity index (χ0n) is 6.16. The Labute approximate surface area is 64.2 Å². The third kappa shape index (κ3) is 0.605. The molecule has 5 nitrogen and oxygen atoms in total. The number of β-lactam (4-membered cyclic amide) rings is 1. The van der Waals surface area contributed by atoms with Gasteiger partial charge in [-0.25, -0.2) is 0 Å². The highest BCUT2D eigenvalue weighted by Crippen LogP contribution is 2.24. The first-order chi connectivity index (χ1) is 5.25. The molecule has 2 aliphatic rings. The van der Waals surface area contributed by atoms with E-state index < -0.39 is 0 Å². The van der Waals surface area contributed by atoms with Crippen LogP contribution in [0.4, 0.5) is 0 Å². The predicted octanol–water partition coefficient (Wildman–Crippen LogP) is -1.90. The minimum Gasteiger partial charge on any atom is -0.384 e. The molecule has 0 bridgehead atoms.